The summed E-state index contributed by atoms with van der Waals surface area (Å²) in [5.74, 6) is 0.205. The van der Waals surface area contributed by atoms with Crippen LogP contribution in [0.15, 0.2) is 46.9 Å². The molecule has 1 fully saturated rings. The van der Waals surface area contributed by atoms with Crippen molar-refractivity contribution in [3.05, 3.63) is 63.3 Å². The molecule has 1 saturated carbocycles. The van der Waals surface area contributed by atoms with Gasteiger partial charge in [0.15, 0.2) is 0 Å². The Bertz CT molecular complexity index is 626. The molecule has 0 amide bonds. The molecule has 0 heterocycles. The normalized spacial score (nSPS) is 21.4. The van der Waals surface area contributed by atoms with E-state index in [2.05, 4.69) is 21.2 Å². The van der Waals surface area contributed by atoms with Crippen molar-refractivity contribution in [1.82, 2.24) is 0 Å². The molecule has 0 unspecified atom stereocenters. The Labute approximate surface area is 131 Å². The van der Waals surface area contributed by atoms with E-state index in [1.807, 2.05) is 30.3 Å². The lowest BCUT2D eigenvalue weighted by Crippen LogP contribution is -2.34. The number of nitrogens with one attached hydrogen (secondary N) is 1. The summed E-state index contributed by atoms with van der Waals surface area (Å²) >= 11 is 9.59. The van der Waals surface area contributed by atoms with Crippen LogP contribution in [0, 0.1) is 5.82 Å². The molecule has 20 heavy (non-hydrogen) atoms. The lowest BCUT2D eigenvalue weighted by molar-refractivity contribution is 0.363. The van der Waals surface area contributed by atoms with Crippen LogP contribution < -0.4 is 5.32 Å². The quantitative estimate of drug-likeness (QED) is 0.756. The van der Waals surface area contributed by atoms with E-state index in [9.17, 15) is 4.39 Å². The van der Waals surface area contributed by atoms with Gasteiger partial charge in [-0.05, 0) is 48.6 Å². The SMILES string of the molecule is Fc1ccccc1C1CC(Nc2cc(Br)ccc2Cl)C1. The van der Waals surface area contributed by atoms with Crippen molar-refractivity contribution in [3.63, 3.8) is 0 Å². The van der Waals surface area contributed by atoms with Gasteiger partial charge in [0.2, 0.25) is 0 Å². The molecule has 1 N–H and O–H groups in total. The van der Waals surface area contributed by atoms with Crippen LogP contribution in [0.4, 0.5) is 10.1 Å². The molecule has 0 radical (unpaired) electrons. The van der Waals surface area contributed by atoms with E-state index >= 15 is 0 Å². The highest BCUT2D eigenvalue weighted by Gasteiger charge is 2.32. The van der Waals surface area contributed by atoms with Crippen molar-refractivity contribution in [1.29, 1.82) is 0 Å². The number of rotatable bonds is 3. The molecule has 0 atom stereocenters. The summed E-state index contributed by atoms with van der Waals surface area (Å²) in [4.78, 5) is 0. The maximum atomic E-state index is 13.7. The molecule has 104 valence electrons. The molecule has 1 aliphatic rings. The predicted octanol–water partition coefficient (Wildman–Crippen LogP) is 5.60. The summed E-state index contributed by atoms with van der Waals surface area (Å²) in [7, 11) is 0. The zero-order valence-corrected chi connectivity index (χ0v) is 13.1. The zero-order valence-electron chi connectivity index (χ0n) is 10.7. The first kappa shape index (κ1) is 13.9. The van der Waals surface area contributed by atoms with Crippen LogP contribution in [0.5, 0.6) is 0 Å². The Morgan fingerprint density at radius 2 is 1.90 bits per heavy atom. The van der Waals surface area contributed by atoms with Crippen molar-refractivity contribution >= 4 is 33.2 Å². The maximum absolute atomic E-state index is 13.7. The largest absolute Gasteiger partial charge is 0.381 e. The molecule has 0 aliphatic heterocycles. The van der Waals surface area contributed by atoms with Crippen molar-refractivity contribution < 1.29 is 4.39 Å². The Kier molecular flexibility index (Phi) is 3.99. The number of hydrogen-bond donors (Lipinski definition) is 1. The summed E-state index contributed by atoms with van der Waals surface area (Å²) in [5, 5.41) is 4.13. The van der Waals surface area contributed by atoms with Crippen molar-refractivity contribution in [2.45, 2.75) is 24.8 Å². The topological polar surface area (TPSA) is 12.0 Å². The molecular weight excluding hydrogens is 341 g/mol. The standard InChI is InChI=1S/C16H14BrClFN/c17-11-5-6-14(18)16(9-11)20-12-7-10(8-12)13-3-1-2-4-15(13)19/h1-6,9-10,12,20H,7-8H2. The van der Waals surface area contributed by atoms with Gasteiger partial charge < -0.3 is 5.32 Å². The van der Waals surface area contributed by atoms with Gasteiger partial charge in [-0.25, -0.2) is 4.39 Å². The summed E-state index contributed by atoms with van der Waals surface area (Å²) in [5.41, 5.74) is 1.75. The number of anilines is 1. The van der Waals surface area contributed by atoms with Gasteiger partial charge in [-0.1, -0.05) is 45.7 Å². The smallest absolute Gasteiger partial charge is 0.126 e. The fraction of sp³-hybridized carbons (Fsp3) is 0.250. The van der Waals surface area contributed by atoms with Gasteiger partial charge in [0, 0.05) is 10.5 Å². The number of hydrogen-bond acceptors (Lipinski definition) is 1. The van der Waals surface area contributed by atoms with Gasteiger partial charge >= 0.3 is 0 Å². The lowest BCUT2D eigenvalue weighted by atomic mass is 9.75. The van der Waals surface area contributed by atoms with Crippen molar-refractivity contribution in [2.24, 2.45) is 0 Å². The Hall–Kier alpha value is -1.06. The van der Waals surface area contributed by atoms with E-state index in [4.69, 9.17) is 11.6 Å². The molecule has 1 aliphatic carbocycles. The van der Waals surface area contributed by atoms with Gasteiger partial charge in [0.05, 0.1) is 10.7 Å². The number of benzene rings is 2. The highest BCUT2D eigenvalue weighted by Crippen LogP contribution is 2.40. The highest BCUT2D eigenvalue weighted by molar-refractivity contribution is 9.10. The first-order valence-corrected chi connectivity index (χ1v) is 7.76. The zero-order chi connectivity index (χ0) is 14.1. The summed E-state index contributed by atoms with van der Waals surface area (Å²) in [6, 6.07) is 13.1. The average Bonchev–Trinajstić information content (AvgIpc) is 2.38. The van der Waals surface area contributed by atoms with Gasteiger partial charge in [-0.3, -0.25) is 0 Å². The van der Waals surface area contributed by atoms with E-state index in [1.165, 1.54) is 6.07 Å². The molecule has 0 aromatic heterocycles. The van der Waals surface area contributed by atoms with E-state index < -0.39 is 0 Å². The third-order valence-electron chi connectivity index (χ3n) is 3.77. The molecule has 0 saturated heterocycles. The molecule has 0 bridgehead atoms. The molecule has 2 aromatic rings. The van der Waals surface area contributed by atoms with Crippen LogP contribution in [0.2, 0.25) is 5.02 Å². The predicted molar refractivity (Wildman–Crippen MR) is 84.9 cm³/mol. The summed E-state index contributed by atoms with van der Waals surface area (Å²) < 4.78 is 14.7. The van der Waals surface area contributed by atoms with E-state index in [-0.39, 0.29) is 5.82 Å². The molecule has 1 nitrogen and oxygen atoms in total. The molecule has 2 aromatic carbocycles. The Morgan fingerprint density at radius 1 is 1.15 bits per heavy atom. The van der Waals surface area contributed by atoms with Gasteiger partial charge in [0.25, 0.3) is 0 Å². The van der Waals surface area contributed by atoms with Crippen molar-refractivity contribution in [2.75, 3.05) is 5.32 Å². The average molecular weight is 355 g/mol. The van der Waals surface area contributed by atoms with E-state index in [0.717, 1.165) is 28.6 Å². The minimum Gasteiger partial charge on any atom is -0.381 e. The van der Waals surface area contributed by atoms with Crippen LogP contribution in [-0.4, -0.2) is 6.04 Å². The van der Waals surface area contributed by atoms with Crippen LogP contribution in [0.3, 0.4) is 0 Å². The van der Waals surface area contributed by atoms with Crippen molar-refractivity contribution in [3.8, 4) is 0 Å². The van der Waals surface area contributed by atoms with Gasteiger partial charge in [-0.2, -0.15) is 0 Å². The summed E-state index contributed by atoms with van der Waals surface area (Å²) in [6.07, 6.45) is 1.87. The van der Waals surface area contributed by atoms with E-state index in [0.29, 0.717) is 17.0 Å². The lowest BCUT2D eigenvalue weighted by Gasteiger charge is -2.37. The van der Waals surface area contributed by atoms with Crippen LogP contribution >= 0.6 is 27.5 Å². The third-order valence-corrected chi connectivity index (χ3v) is 4.59. The molecular formula is C16H14BrClFN. The first-order valence-electron chi connectivity index (χ1n) is 6.59. The molecule has 3 rings (SSSR count). The minimum atomic E-state index is -0.101. The summed E-state index contributed by atoms with van der Waals surface area (Å²) in [6.45, 7) is 0. The van der Waals surface area contributed by atoms with E-state index in [1.54, 1.807) is 6.07 Å². The number of halogens is 3. The second-order valence-electron chi connectivity index (χ2n) is 5.16. The third kappa shape index (κ3) is 2.84. The Balaban J connectivity index is 1.64. The first-order chi connectivity index (χ1) is 9.63. The maximum Gasteiger partial charge on any atom is 0.126 e. The molecule has 0 spiro atoms. The minimum absolute atomic E-state index is 0.101. The van der Waals surface area contributed by atoms with Gasteiger partial charge in [-0.15, -0.1) is 0 Å². The van der Waals surface area contributed by atoms with Crippen LogP contribution in [0.1, 0.15) is 24.3 Å². The highest BCUT2D eigenvalue weighted by atomic mass is 79.9. The van der Waals surface area contributed by atoms with Crippen LogP contribution in [-0.2, 0) is 0 Å². The monoisotopic (exact) mass is 353 g/mol. The van der Waals surface area contributed by atoms with Crippen LogP contribution in [0.25, 0.3) is 0 Å². The second kappa shape index (κ2) is 5.74. The Morgan fingerprint density at radius 3 is 2.65 bits per heavy atom. The molecule has 4 heteroatoms. The van der Waals surface area contributed by atoms with Gasteiger partial charge in [0.1, 0.15) is 5.82 Å². The fourth-order valence-corrected chi connectivity index (χ4v) is 3.16. The fourth-order valence-electron chi connectivity index (χ4n) is 2.62. The second-order valence-corrected chi connectivity index (χ2v) is 6.48.